The maximum Gasteiger partial charge on any atom is 0.239 e. The zero-order valence-corrected chi connectivity index (χ0v) is 9.62. The van der Waals surface area contributed by atoms with Gasteiger partial charge in [0.25, 0.3) is 0 Å². The molecule has 0 atom stereocenters. The fraction of sp³-hybridized carbons (Fsp3) is 0.462. The van der Waals surface area contributed by atoms with Gasteiger partial charge in [0.05, 0.1) is 6.54 Å². The summed E-state index contributed by atoms with van der Waals surface area (Å²) in [5.41, 5.74) is 2.20. The van der Waals surface area contributed by atoms with Crippen LogP contribution in [0, 0.1) is 12.8 Å². The predicted molar refractivity (Wildman–Crippen MR) is 65.4 cm³/mol. The molecule has 0 spiro atoms. The van der Waals surface area contributed by atoms with Gasteiger partial charge in [-0.1, -0.05) is 18.2 Å². The van der Waals surface area contributed by atoms with E-state index < -0.39 is 0 Å². The van der Waals surface area contributed by atoms with Crippen molar-refractivity contribution in [2.24, 2.45) is 5.92 Å². The molecule has 0 radical (unpaired) electrons. The summed E-state index contributed by atoms with van der Waals surface area (Å²) < 4.78 is 0. The Morgan fingerprint density at radius 3 is 2.81 bits per heavy atom. The zero-order valence-electron chi connectivity index (χ0n) is 9.62. The quantitative estimate of drug-likeness (QED) is 0.793. The second kappa shape index (κ2) is 5.01. The van der Waals surface area contributed by atoms with Crippen LogP contribution in [0.1, 0.15) is 18.4 Å². The Labute approximate surface area is 96.2 Å². The lowest BCUT2D eigenvalue weighted by Crippen LogP contribution is -2.31. The molecule has 1 aromatic carbocycles. The Balaban J connectivity index is 1.73. The van der Waals surface area contributed by atoms with Crippen LogP contribution >= 0.6 is 0 Å². The monoisotopic (exact) mass is 218 g/mol. The van der Waals surface area contributed by atoms with E-state index in [1.54, 1.807) is 0 Å². The van der Waals surface area contributed by atoms with Crippen LogP contribution in [-0.4, -0.2) is 19.0 Å². The van der Waals surface area contributed by atoms with Gasteiger partial charge < -0.3 is 10.6 Å². The van der Waals surface area contributed by atoms with E-state index in [-0.39, 0.29) is 5.91 Å². The predicted octanol–water partition coefficient (Wildman–Crippen LogP) is 1.93. The van der Waals surface area contributed by atoms with Crippen LogP contribution in [0.15, 0.2) is 24.3 Å². The van der Waals surface area contributed by atoms with Crippen molar-refractivity contribution in [2.45, 2.75) is 19.8 Å². The second-order valence-corrected chi connectivity index (χ2v) is 4.42. The van der Waals surface area contributed by atoms with Gasteiger partial charge in [0.15, 0.2) is 0 Å². The Morgan fingerprint density at radius 2 is 2.12 bits per heavy atom. The van der Waals surface area contributed by atoms with E-state index >= 15 is 0 Å². The van der Waals surface area contributed by atoms with Crippen LogP contribution in [-0.2, 0) is 4.79 Å². The molecule has 86 valence electrons. The molecule has 0 saturated heterocycles. The zero-order chi connectivity index (χ0) is 11.4. The van der Waals surface area contributed by atoms with Gasteiger partial charge in [-0.2, -0.15) is 0 Å². The highest BCUT2D eigenvalue weighted by atomic mass is 16.1. The van der Waals surface area contributed by atoms with Crippen LogP contribution in [0.4, 0.5) is 5.69 Å². The van der Waals surface area contributed by atoms with Gasteiger partial charge in [-0.15, -0.1) is 0 Å². The molecule has 0 aromatic heterocycles. The topological polar surface area (TPSA) is 41.1 Å². The molecule has 1 aliphatic rings. The molecule has 1 aromatic rings. The third-order valence-corrected chi connectivity index (χ3v) is 2.87. The summed E-state index contributed by atoms with van der Waals surface area (Å²) >= 11 is 0. The van der Waals surface area contributed by atoms with Gasteiger partial charge in [0, 0.05) is 12.2 Å². The fourth-order valence-corrected chi connectivity index (χ4v) is 1.59. The molecule has 1 fully saturated rings. The minimum absolute atomic E-state index is 0.0788. The Morgan fingerprint density at radius 1 is 1.38 bits per heavy atom. The number of rotatable bonds is 5. The molecule has 0 aliphatic heterocycles. The van der Waals surface area contributed by atoms with E-state index in [1.807, 2.05) is 31.2 Å². The molecule has 0 unspecified atom stereocenters. The molecule has 2 N–H and O–H groups in total. The van der Waals surface area contributed by atoms with Gasteiger partial charge in [-0.05, 0) is 37.3 Å². The summed E-state index contributed by atoms with van der Waals surface area (Å²) in [6.07, 6.45) is 2.54. The van der Waals surface area contributed by atoms with Crippen molar-refractivity contribution in [1.82, 2.24) is 5.32 Å². The number of carbonyl (C=O) groups is 1. The van der Waals surface area contributed by atoms with E-state index in [2.05, 4.69) is 10.6 Å². The summed E-state index contributed by atoms with van der Waals surface area (Å²) in [6.45, 7) is 3.23. The van der Waals surface area contributed by atoms with Gasteiger partial charge in [0.2, 0.25) is 5.91 Å². The van der Waals surface area contributed by atoms with Crippen LogP contribution in [0.3, 0.4) is 0 Å². The lowest BCUT2D eigenvalue weighted by molar-refractivity contribution is -0.119. The molecule has 0 heterocycles. The Bertz CT molecular complexity index is 372. The third kappa shape index (κ3) is 3.26. The molecule has 1 aliphatic carbocycles. The fourth-order valence-electron chi connectivity index (χ4n) is 1.59. The van der Waals surface area contributed by atoms with Gasteiger partial charge in [-0.25, -0.2) is 0 Å². The summed E-state index contributed by atoms with van der Waals surface area (Å²) in [7, 11) is 0. The van der Waals surface area contributed by atoms with Crippen LogP contribution in [0.25, 0.3) is 0 Å². The maximum atomic E-state index is 11.5. The highest BCUT2D eigenvalue weighted by Gasteiger charge is 2.21. The molecule has 3 heteroatoms. The van der Waals surface area contributed by atoms with Crippen molar-refractivity contribution >= 4 is 11.6 Å². The van der Waals surface area contributed by atoms with E-state index in [1.165, 1.54) is 12.8 Å². The summed E-state index contributed by atoms with van der Waals surface area (Å²) in [4.78, 5) is 11.5. The van der Waals surface area contributed by atoms with Crippen molar-refractivity contribution in [3.63, 3.8) is 0 Å². The normalized spacial score (nSPS) is 14.6. The average molecular weight is 218 g/mol. The van der Waals surface area contributed by atoms with Crippen molar-refractivity contribution in [1.29, 1.82) is 0 Å². The van der Waals surface area contributed by atoms with Crippen molar-refractivity contribution in [3.05, 3.63) is 29.8 Å². The van der Waals surface area contributed by atoms with Gasteiger partial charge >= 0.3 is 0 Å². The molecule has 16 heavy (non-hydrogen) atoms. The summed E-state index contributed by atoms with van der Waals surface area (Å²) in [6, 6.07) is 7.99. The van der Waals surface area contributed by atoms with Gasteiger partial charge in [-0.3, -0.25) is 4.79 Å². The molecule has 1 saturated carbocycles. The standard InChI is InChI=1S/C13H18N2O/c1-10-4-2-3-5-12(10)14-9-13(16)15-8-11-6-7-11/h2-5,11,14H,6-9H2,1H3,(H,15,16). The number of anilines is 1. The number of hydrogen-bond acceptors (Lipinski definition) is 2. The first-order valence-corrected chi connectivity index (χ1v) is 5.82. The smallest absolute Gasteiger partial charge is 0.239 e. The minimum Gasteiger partial charge on any atom is -0.376 e. The number of para-hydroxylation sites is 1. The second-order valence-electron chi connectivity index (χ2n) is 4.42. The Hall–Kier alpha value is -1.51. The first-order valence-electron chi connectivity index (χ1n) is 5.82. The Kier molecular flexibility index (Phi) is 3.44. The van der Waals surface area contributed by atoms with E-state index in [0.717, 1.165) is 23.7 Å². The van der Waals surface area contributed by atoms with Crippen molar-refractivity contribution < 1.29 is 4.79 Å². The number of aryl methyl sites for hydroxylation is 1. The molecular formula is C13H18N2O. The summed E-state index contributed by atoms with van der Waals surface area (Å²) in [5, 5.41) is 6.08. The third-order valence-electron chi connectivity index (χ3n) is 2.87. The first kappa shape index (κ1) is 11.0. The van der Waals surface area contributed by atoms with Crippen molar-refractivity contribution in [3.8, 4) is 0 Å². The van der Waals surface area contributed by atoms with Gasteiger partial charge in [0.1, 0.15) is 0 Å². The number of carbonyl (C=O) groups excluding carboxylic acids is 1. The largest absolute Gasteiger partial charge is 0.376 e. The lowest BCUT2D eigenvalue weighted by Gasteiger charge is -2.09. The molecular weight excluding hydrogens is 200 g/mol. The molecule has 1 amide bonds. The van der Waals surface area contributed by atoms with Crippen LogP contribution in [0.5, 0.6) is 0 Å². The number of hydrogen-bond donors (Lipinski definition) is 2. The van der Waals surface area contributed by atoms with Crippen LogP contribution < -0.4 is 10.6 Å². The molecule has 0 bridgehead atoms. The summed E-state index contributed by atoms with van der Waals surface area (Å²) in [5.74, 6) is 0.817. The minimum atomic E-state index is 0.0788. The number of amides is 1. The van der Waals surface area contributed by atoms with E-state index in [9.17, 15) is 4.79 Å². The number of nitrogens with one attached hydrogen (secondary N) is 2. The highest BCUT2D eigenvalue weighted by Crippen LogP contribution is 2.27. The van der Waals surface area contributed by atoms with E-state index in [0.29, 0.717) is 6.54 Å². The molecule has 3 nitrogen and oxygen atoms in total. The number of benzene rings is 1. The molecule has 2 rings (SSSR count). The lowest BCUT2D eigenvalue weighted by atomic mass is 10.2. The SMILES string of the molecule is Cc1ccccc1NCC(=O)NCC1CC1. The maximum absolute atomic E-state index is 11.5. The first-order chi connectivity index (χ1) is 7.75. The van der Waals surface area contributed by atoms with E-state index in [4.69, 9.17) is 0 Å². The average Bonchev–Trinajstić information content (AvgIpc) is 3.09. The van der Waals surface area contributed by atoms with Crippen LogP contribution in [0.2, 0.25) is 0 Å². The van der Waals surface area contributed by atoms with Crippen molar-refractivity contribution in [2.75, 3.05) is 18.4 Å². The highest BCUT2D eigenvalue weighted by molar-refractivity contribution is 5.80.